The Hall–Kier alpha value is -4.47. The van der Waals surface area contributed by atoms with Crippen LogP contribution >= 0.6 is 0 Å². The van der Waals surface area contributed by atoms with Gasteiger partial charge in [0.25, 0.3) is 5.91 Å². The Balaban J connectivity index is 1.36. The molecule has 1 amide bonds. The molecular weight excluding hydrogens is 472 g/mol. The molecule has 2 aromatic heterocycles. The molecule has 0 unspecified atom stereocenters. The fourth-order valence-corrected chi connectivity index (χ4v) is 4.91. The number of nitrogens with zero attached hydrogens (tertiary/aromatic N) is 4. The average Bonchev–Trinajstić information content (AvgIpc) is 3.33. The van der Waals surface area contributed by atoms with Gasteiger partial charge in [-0.1, -0.05) is 36.4 Å². The van der Waals surface area contributed by atoms with E-state index in [9.17, 15) is 14.7 Å². The van der Waals surface area contributed by atoms with E-state index < -0.39 is 5.97 Å². The van der Waals surface area contributed by atoms with Crippen LogP contribution in [-0.4, -0.2) is 43.8 Å². The summed E-state index contributed by atoms with van der Waals surface area (Å²) in [6.45, 7) is 0.352. The highest BCUT2D eigenvalue weighted by atomic mass is 16.5. The van der Waals surface area contributed by atoms with Gasteiger partial charge in [-0.3, -0.25) is 9.59 Å². The van der Waals surface area contributed by atoms with Crippen LogP contribution in [0.1, 0.15) is 47.6 Å². The maximum absolute atomic E-state index is 12.6. The fraction of sp³-hybridized carbons (Fsp3) is 0.296. The van der Waals surface area contributed by atoms with Crippen molar-refractivity contribution in [3.63, 3.8) is 0 Å². The number of ether oxygens (including phenoxy) is 1. The number of carboxylic acid groups (broad SMARTS) is 1. The third kappa shape index (κ3) is 4.82. The van der Waals surface area contributed by atoms with Crippen LogP contribution in [0.25, 0.3) is 22.3 Å². The van der Waals surface area contributed by atoms with Gasteiger partial charge in [0.1, 0.15) is 23.6 Å². The Morgan fingerprint density at radius 2 is 1.81 bits per heavy atom. The van der Waals surface area contributed by atoms with E-state index in [4.69, 9.17) is 15.6 Å². The molecule has 37 heavy (non-hydrogen) atoms. The first-order valence-electron chi connectivity index (χ1n) is 12.2. The van der Waals surface area contributed by atoms with Crippen LogP contribution in [0.5, 0.6) is 5.75 Å². The number of nitrogen functional groups attached to an aromatic ring is 1. The van der Waals surface area contributed by atoms with Crippen molar-refractivity contribution >= 4 is 28.7 Å². The standard InChI is InChI=1S/C27H28N6O4/c1-37-21-5-3-2-4-20(21)26(34)29-14-16-6-8-17(9-7-16)23-22-24(28)30-15-31-25(22)33(32-23)19-12-10-18(11-13-19)27(35)36/h2-9,15,18-19H,10-14H2,1H3,(H,29,34)(H,35,36)(H2,28,30,31). The summed E-state index contributed by atoms with van der Waals surface area (Å²) in [5.74, 6) is -0.398. The fourth-order valence-electron chi connectivity index (χ4n) is 4.91. The van der Waals surface area contributed by atoms with Gasteiger partial charge >= 0.3 is 5.97 Å². The van der Waals surface area contributed by atoms with Gasteiger partial charge in [-0.05, 0) is 43.4 Å². The molecule has 0 atom stereocenters. The number of methoxy groups -OCH3 is 1. The Morgan fingerprint density at radius 1 is 1.08 bits per heavy atom. The van der Waals surface area contributed by atoms with Crippen molar-refractivity contribution in [1.29, 1.82) is 0 Å². The molecule has 0 radical (unpaired) electrons. The van der Waals surface area contributed by atoms with Crippen LogP contribution < -0.4 is 15.8 Å². The molecule has 4 aromatic rings. The summed E-state index contributed by atoms with van der Waals surface area (Å²) in [5, 5.41) is 17.8. The molecule has 1 aliphatic carbocycles. The minimum atomic E-state index is -0.741. The second-order valence-corrected chi connectivity index (χ2v) is 9.17. The van der Waals surface area contributed by atoms with Crippen LogP contribution in [0.2, 0.25) is 0 Å². The molecule has 10 nitrogen and oxygen atoms in total. The van der Waals surface area contributed by atoms with E-state index in [0.717, 1.165) is 11.1 Å². The van der Waals surface area contributed by atoms with Crippen molar-refractivity contribution in [2.75, 3.05) is 12.8 Å². The molecule has 0 saturated heterocycles. The first kappa shape index (κ1) is 24.2. The number of carbonyl (C=O) groups excluding carboxylic acids is 1. The zero-order valence-electron chi connectivity index (χ0n) is 20.4. The Bertz CT molecular complexity index is 1440. The van der Waals surface area contributed by atoms with E-state index >= 15 is 0 Å². The zero-order chi connectivity index (χ0) is 25.9. The Labute approximate surface area is 213 Å². The number of rotatable bonds is 7. The first-order chi connectivity index (χ1) is 18.0. The van der Waals surface area contributed by atoms with E-state index in [1.807, 2.05) is 35.0 Å². The van der Waals surface area contributed by atoms with Gasteiger partial charge in [0.15, 0.2) is 5.65 Å². The lowest BCUT2D eigenvalue weighted by Crippen LogP contribution is -2.24. The largest absolute Gasteiger partial charge is 0.496 e. The van der Waals surface area contributed by atoms with Gasteiger partial charge in [0.2, 0.25) is 0 Å². The van der Waals surface area contributed by atoms with Crippen molar-refractivity contribution in [3.8, 4) is 17.0 Å². The number of hydrogen-bond donors (Lipinski definition) is 3. The molecule has 2 aromatic carbocycles. The first-order valence-corrected chi connectivity index (χ1v) is 12.2. The van der Waals surface area contributed by atoms with Crippen molar-refractivity contribution in [1.82, 2.24) is 25.1 Å². The van der Waals surface area contributed by atoms with Crippen molar-refractivity contribution < 1.29 is 19.4 Å². The summed E-state index contributed by atoms with van der Waals surface area (Å²) in [6, 6.07) is 14.9. The van der Waals surface area contributed by atoms with Crippen LogP contribution in [0.15, 0.2) is 54.9 Å². The van der Waals surface area contributed by atoms with Gasteiger partial charge in [-0.15, -0.1) is 0 Å². The maximum Gasteiger partial charge on any atom is 0.306 e. The van der Waals surface area contributed by atoms with Crippen LogP contribution in [-0.2, 0) is 11.3 Å². The predicted molar refractivity (Wildman–Crippen MR) is 138 cm³/mol. The third-order valence-corrected chi connectivity index (χ3v) is 6.94. The summed E-state index contributed by atoms with van der Waals surface area (Å²) in [7, 11) is 1.54. The summed E-state index contributed by atoms with van der Waals surface area (Å²) in [5.41, 5.74) is 9.83. The number of fused-ring (bicyclic) bond motifs is 1. The van der Waals surface area contributed by atoms with E-state index in [1.165, 1.54) is 13.4 Å². The van der Waals surface area contributed by atoms with Gasteiger partial charge < -0.3 is 20.9 Å². The van der Waals surface area contributed by atoms with Crippen LogP contribution in [0.3, 0.4) is 0 Å². The number of aromatic nitrogens is 4. The molecule has 1 aliphatic rings. The number of amides is 1. The lowest BCUT2D eigenvalue weighted by molar-refractivity contribution is -0.143. The summed E-state index contributed by atoms with van der Waals surface area (Å²) in [6.07, 6.45) is 4.05. The van der Waals surface area contributed by atoms with Crippen LogP contribution in [0, 0.1) is 5.92 Å². The molecule has 0 bridgehead atoms. The average molecular weight is 501 g/mol. The molecule has 190 valence electrons. The topological polar surface area (TPSA) is 145 Å². The van der Waals surface area contributed by atoms with E-state index in [2.05, 4.69) is 15.3 Å². The lowest BCUT2D eigenvalue weighted by atomic mass is 9.86. The minimum absolute atomic E-state index is 0.0469. The number of carbonyl (C=O) groups is 2. The van der Waals surface area contributed by atoms with Gasteiger partial charge in [0, 0.05) is 12.1 Å². The molecule has 4 N–H and O–H groups in total. The van der Waals surface area contributed by atoms with Crippen molar-refractivity contribution in [2.24, 2.45) is 5.92 Å². The predicted octanol–water partition coefficient (Wildman–Crippen LogP) is 3.83. The normalized spacial score (nSPS) is 17.4. The molecule has 10 heteroatoms. The number of nitrogens with one attached hydrogen (secondary N) is 1. The lowest BCUT2D eigenvalue weighted by Gasteiger charge is -2.26. The van der Waals surface area contributed by atoms with Gasteiger partial charge in [-0.2, -0.15) is 5.10 Å². The molecular formula is C27H28N6O4. The number of carboxylic acids is 1. The second-order valence-electron chi connectivity index (χ2n) is 9.17. The van der Waals surface area contributed by atoms with E-state index in [1.54, 1.807) is 18.2 Å². The minimum Gasteiger partial charge on any atom is -0.496 e. The van der Waals surface area contributed by atoms with Gasteiger partial charge in [0.05, 0.1) is 30.0 Å². The Kier molecular flexibility index (Phi) is 6.72. The molecule has 2 heterocycles. The molecule has 5 rings (SSSR count). The number of para-hydroxylation sites is 1. The SMILES string of the molecule is COc1ccccc1C(=O)NCc1ccc(-c2nn(C3CCC(C(=O)O)CC3)c3ncnc(N)c23)cc1. The summed E-state index contributed by atoms with van der Waals surface area (Å²) < 4.78 is 7.15. The van der Waals surface area contributed by atoms with Crippen LogP contribution in [0.4, 0.5) is 5.82 Å². The highest BCUT2D eigenvalue weighted by molar-refractivity contribution is 5.98. The monoisotopic (exact) mass is 500 g/mol. The smallest absolute Gasteiger partial charge is 0.306 e. The number of anilines is 1. The number of nitrogens with two attached hydrogens (primary N) is 1. The van der Waals surface area contributed by atoms with Crippen molar-refractivity contribution in [2.45, 2.75) is 38.3 Å². The summed E-state index contributed by atoms with van der Waals surface area (Å²) in [4.78, 5) is 32.6. The quantitative estimate of drug-likeness (QED) is 0.347. The van der Waals surface area contributed by atoms with Gasteiger partial charge in [-0.25, -0.2) is 14.6 Å². The summed E-state index contributed by atoms with van der Waals surface area (Å²) >= 11 is 0. The number of benzene rings is 2. The molecule has 0 aliphatic heterocycles. The second kappa shape index (κ2) is 10.3. The van der Waals surface area contributed by atoms with E-state index in [-0.39, 0.29) is 17.9 Å². The zero-order valence-corrected chi connectivity index (χ0v) is 20.4. The molecule has 0 spiro atoms. The van der Waals surface area contributed by atoms with E-state index in [0.29, 0.717) is 66.1 Å². The number of hydrogen-bond acceptors (Lipinski definition) is 7. The molecule has 1 fully saturated rings. The maximum atomic E-state index is 12.6. The Morgan fingerprint density at radius 3 is 2.51 bits per heavy atom. The van der Waals surface area contributed by atoms with Crippen molar-refractivity contribution in [3.05, 3.63) is 66.0 Å². The molecule has 1 saturated carbocycles. The highest BCUT2D eigenvalue weighted by Crippen LogP contribution is 2.37. The highest BCUT2D eigenvalue weighted by Gasteiger charge is 2.29. The third-order valence-electron chi connectivity index (χ3n) is 6.94. The number of aliphatic carboxylic acids is 1.